The molecule has 0 unspecified atom stereocenters. The lowest BCUT2D eigenvalue weighted by molar-refractivity contribution is 0.833. The van der Waals surface area contributed by atoms with Gasteiger partial charge < -0.3 is 5.73 Å². The molecule has 0 spiro atoms. The summed E-state index contributed by atoms with van der Waals surface area (Å²) in [6, 6.07) is 15.5. The van der Waals surface area contributed by atoms with Gasteiger partial charge in [-0.25, -0.2) is 0 Å². The smallest absolute Gasteiger partial charge is 0.00741 e. The Morgan fingerprint density at radius 3 is 2.11 bits per heavy atom. The summed E-state index contributed by atoms with van der Waals surface area (Å²) in [4.78, 5) is 0. The molecule has 0 bridgehead atoms. The van der Waals surface area contributed by atoms with Crippen molar-refractivity contribution in [3.63, 3.8) is 0 Å². The van der Waals surface area contributed by atoms with Crippen molar-refractivity contribution in [1.29, 1.82) is 0 Å². The van der Waals surface area contributed by atoms with Gasteiger partial charge in [-0.15, -0.1) is 0 Å². The average Bonchev–Trinajstić information content (AvgIpc) is 2.40. The molecule has 0 atom stereocenters. The highest BCUT2D eigenvalue weighted by Crippen LogP contribution is 2.22. The van der Waals surface area contributed by atoms with Gasteiger partial charge in [0.1, 0.15) is 0 Å². The highest BCUT2D eigenvalue weighted by molar-refractivity contribution is 5.65. The molecule has 2 N–H and O–H groups in total. The van der Waals surface area contributed by atoms with Crippen molar-refractivity contribution in [3.8, 4) is 11.1 Å². The van der Waals surface area contributed by atoms with E-state index in [1.165, 1.54) is 27.8 Å². The van der Waals surface area contributed by atoms with Gasteiger partial charge in [-0.3, -0.25) is 0 Å². The Bertz CT molecular complexity index is 512. The van der Waals surface area contributed by atoms with Crippen LogP contribution in [0, 0.1) is 13.8 Å². The Labute approximate surface area is 110 Å². The topological polar surface area (TPSA) is 26.0 Å². The predicted molar refractivity (Wildman–Crippen MR) is 78.7 cm³/mol. The molecule has 2 aromatic carbocycles. The zero-order valence-electron chi connectivity index (χ0n) is 11.2. The van der Waals surface area contributed by atoms with E-state index in [4.69, 9.17) is 5.73 Å². The Morgan fingerprint density at radius 1 is 0.833 bits per heavy atom. The van der Waals surface area contributed by atoms with E-state index in [-0.39, 0.29) is 0 Å². The Kier molecular flexibility index (Phi) is 4.16. The zero-order chi connectivity index (χ0) is 13.0. The van der Waals surface area contributed by atoms with Crippen LogP contribution in [0.2, 0.25) is 0 Å². The number of nitrogens with two attached hydrogens (primary N) is 1. The van der Waals surface area contributed by atoms with Crippen molar-refractivity contribution in [2.75, 3.05) is 6.54 Å². The van der Waals surface area contributed by atoms with E-state index in [2.05, 4.69) is 56.3 Å². The molecule has 0 heterocycles. The molecule has 0 aliphatic heterocycles. The van der Waals surface area contributed by atoms with Crippen molar-refractivity contribution in [2.24, 2.45) is 5.73 Å². The van der Waals surface area contributed by atoms with Gasteiger partial charge in [0.15, 0.2) is 0 Å². The summed E-state index contributed by atoms with van der Waals surface area (Å²) in [7, 11) is 0. The van der Waals surface area contributed by atoms with Gasteiger partial charge in [-0.2, -0.15) is 0 Å². The minimum atomic E-state index is 0.763. The molecule has 1 heteroatoms. The number of hydrogen-bond donors (Lipinski definition) is 1. The summed E-state index contributed by atoms with van der Waals surface area (Å²) >= 11 is 0. The first kappa shape index (κ1) is 12.8. The fraction of sp³-hybridized carbons (Fsp3) is 0.294. The van der Waals surface area contributed by atoms with Crippen LogP contribution < -0.4 is 5.73 Å². The van der Waals surface area contributed by atoms with Gasteiger partial charge in [0.25, 0.3) is 0 Å². The van der Waals surface area contributed by atoms with E-state index in [1.54, 1.807) is 0 Å². The molecule has 2 rings (SSSR count). The summed E-state index contributed by atoms with van der Waals surface area (Å²) < 4.78 is 0. The molecule has 94 valence electrons. The second kappa shape index (κ2) is 5.83. The summed E-state index contributed by atoms with van der Waals surface area (Å²) in [6.07, 6.45) is 2.13. The summed E-state index contributed by atoms with van der Waals surface area (Å²) in [5, 5.41) is 0. The van der Waals surface area contributed by atoms with Gasteiger partial charge in [0.2, 0.25) is 0 Å². The lowest BCUT2D eigenvalue weighted by atomic mass is 9.99. The fourth-order valence-corrected chi connectivity index (χ4v) is 2.09. The number of aryl methyl sites for hydroxylation is 3. The minimum Gasteiger partial charge on any atom is -0.330 e. The lowest BCUT2D eigenvalue weighted by Crippen LogP contribution is -2.00. The quantitative estimate of drug-likeness (QED) is 0.861. The van der Waals surface area contributed by atoms with E-state index < -0.39 is 0 Å². The van der Waals surface area contributed by atoms with Crippen LogP contribution in [-0.4, -0.2) is 6.54 Å². The molecule has 0 aliphatic carbocycles. The first-order chi connectivity index (χ1) is 8.70. The first-order valence-electron chi connectivity index (χ1n) is 6.57. The van der Waals surface area contributed by atoms with Gasteiger partial charge in [0, 0.05) is 0 Å². The van der Waals surface area contributed by atoms with Crippen LogP contribution in [-0.2, 0) is 6.42 Å². The lowest BCUT2D eigenvalue weighted by Gasteiger charge is -2.07. The first-order valence-corrected chi connectivity index (χ1v) is 6.57. The Hall–Kier alpha value is -1.60. The molecular formula is C17H21N. The van der Waals surface area contributed by atoms with Crippen molar-refractivity contribution >= 4 is 0 Å². The van der Waals surface area contributed by atoms with Crippen LogP contribution in [0.4, 0.5) is 0 Å². The maximum Gasteiger partial charge on any atom is -0.00741 e. The molecule has 0 aromatic heterocycles. The van der Waals surface area contributed by atoms with E-state index >= 15 is 0 Å². The normalized spacial score (nSPS) is 10.6. The molecule has 18 heavy (non-hydrogen) atoms. The minimum absolute atomic E-state index is 0.763. The van der Waals surface area contributed by atoms with Crippen LogP contribution in [0.15, 0.2) is 42.5 Å². The third kappa shape index (κ3) is 2.99. The van der Waals surface area contributed by atoms with E-state index in [0.29, 0.717) is 0 Å². The third-order valence-electron chi connectivity index (χ3n) is 3.46. The Morgan fingerprint density at radius 2 is 1.50 bits per heavy atom. The van der Waals surface area contributed by atoms with Crippen molar-refractivity contribution in [2.45, 2.75) is 26.7 Å². The molecule has 2 aromatic rings. The SMILES string of the molecule is Cc1ccc(-c2ccc(CCCN)cc2)cc1C. The van der Waals surface area contributed by atoms with Gasteiger partial charge in [-0.05, 0) is 61.1 Å². The van der Waals surface area contributed by atoms with Crippen LogP contribution in [0.3, 0.4) is 0 Å². The van der Waals surface area contributed by atoms with Gasteiger partial charge in [0.05, 0.1) is 0 Å². The summed E-state index contributed by atoms with van der Waals surface area (Å²) in [5.41, 5.74) is 12.2. The summed E-state index contributed by atoms with van der Waals surface area (Å²) in [6.45, 7) is 5.07. The van der Waals surface area contributed by atoms with Crippen LogP contribution in [0.5, 0.6) is 0 Å². The van der Waals surface area contributed by atoms with Crippen molar-refractivity contribution < 1.29 is 0 Å². The second-order valence-corrected chi connectivity index (χ2v) is 4.89. The number of hydrogen-bond acceptors (Lipinski definition) is 1. The Balaban J connectivity index is 2.20. The fourth-order valence-electron chi connectivity index (χ4n) is 2.09. The molecule has 0 saturated heterocycles. The largest absolute Gasteiger partial charge is 0.330 e. The number of rotatable bonds is 4. The molecule has 0 amide bonds. The summed E-state index contributed by atoms with van der Waals surface area (Å²) in [5.74, 6) is 0. The maximum atomic E-state index is 5.53. The van der Waals surface area contributed by atoms with Crippen molar-refractivity contribution in [1.82, 2.24) is 0 Å². The van der Waals surface area contributed by atoms with Crippen LogP contribution >= 0.6 is 0 Å². The molecule has 0 radical (unpaired) electrons. The van der Waals surface area contributed by atoms with Crippen LogP contribution in [0.1, 0.15) is 23.1 Å². The highest BCUT2D eigenvalue weighted by Gasteiger charge is 2.00. The second-order valence-electron chi connectivity index (χ2n) is 4.89. The molecule has 0 fully saturated rings. The van der Waals surface area contributed by atoms with E-state index in [0.717, 1.165) is 19.4 Å². The van der Waals surface area contributed by atoms with E-state index in [1.807, 2.05) is 0 Å². The standard InChI is InChI=1S/C17H21N/c1-13-5-8-17(12-14(13)2)16-9-6-15(7-10-16)4-3-11-18/h5-10,12H,3-4,11,18H2,1-2H3. The zero-order valence-corrected chi connectivity index (χ0v) is 11.2. The van der Waals surface area contributed by atoms with E-state index in [9.17, 15) is 0 Å². The number of benzene rings is 2. The molecule has 0 saturated carbocycles. The predicted octanol–water partition coefficient (Wildman–Crippen LogP) is 3.86. The monoisotopic (exact) mass is 239 g/mol. The molecule has 0 aliphatic rings. The third-order valence-corrected chi connectivity index (χ3v) is 3.46. The van der Waals surface area contributed by atoms with Gasteiger partial charge >= 0.3 is 0 Å². The maximum absolute atomic E-state index is 5.53. The van der Waals surface area contributed by atoms with Crippen molar-refractivity contribution in [3.05, 3.63) is 59.2 Å². The van der Waals surface area contributed by atoms with Gasteiger partial charge in [-0.1, -0.05) is 42.5 Å². The average molecular weight is 239 g/mol. The van der Waals surface area contributed by atoms with Crippen LogP contribution in [0.25, 0.3) is 11.1 Å². The molecular weight excluding hydrogens is 218 g/mol. The molecule has 1 nitrogen and oxygen atoms in total. The highest BCUT2D eigenvalue weighted by atomic mass is 14.5.